The second kappa shape index (κ2) is 11.7. The van der Waals surface area contributed by atoms with Crippen LogP contribution >= 0.6 is 12.4 Å². The van der Waals surface area contributed by atoms with E-state index in [1.807, 2.05) is 13.8 Å². The van der Waals surface area contributed by atoms with Gasteiger partial charge in [0.2, 0.25) is 10.0 Å². The fourth-order valence-electron chi connectivity index (χ4n) is 1.61. The van der Waals surface area contributed by atoms with Gasteiger partial charge in [-0.3, -0.25) is 0 Å². The zero-order valence-electron chi connectivity index (χ0n) is 13.0. The van der Waals surface area contributed by atoms with Crippen LogP contribution in [0.25, 0.3) is 0 Å². The normalized spacial score (nSPS) is 11.0. The molecule has 22 heavy (non-hydrogen) atoms. The van der Waals surface area contributed by atoms with Crippen LogP contribution in [0, 0.1) is 0 Å². The summed E-state index contributed by atoms with van der Waals surface area (Å²) in [7, 11) is -3.46. The first-order valence-electron chi connectivity index (χ1n) is 7.11. The molecule has 0 aliphatic rings. The molecule has 0 heterocycles. The van der Waals surface area contributed by atoms with Gasteiger partial charge in [0.1, 0.15) is 12.4 Å². The topological polar surface area (TPSA) is 76.7 Å². The molecule has 0 aliphatic heterocycles. The maximum absolute atomic E-state index is 12.0. The molecule has 128 valence electrons. The van der Waals surface area contributed by atoms with Crippen LogP contribution in [-0.2, 0) is 14.8 Å². The minimum absolute atomic E-state index is 0. The molecule has 0 bridgehead atoms. The van der Waals surface area contributed by atoms with E-state index in [0.29, 0.717) is 38.7 Å². The van der Waals surface area contributed by atoms with Crippen molar-refractivity contribution in [1.82, 2.24) is 10.0 Å². The van der Waals surface area contributed by atoms with E-state index >= 15 is 0 Å². The summed E-state index contributed by atoms with van der Waals surface area (Å²) in [4.78, 5) is 0.233. The second-order valence-corrected chi connectivity index (χ2v) is 6.04. The van der Waals surface area contributed by atoms with Gasteiger partial charge in [-0.15, -0.1) is 12.4 Å². The van der Waals surface area contributed by atoms with Crippen molar-refractivity contribution in [3.63, 3.8) is 0 Å². The van der Waals surface area contributed by atoms with E-state index < -0.39 is 10.0 Å². The summed E-state index contributed by atoms with van der Waals surface area (Å²) in [5.41, 5.74) is 0. The molecule has 2 N–H and O–H groups in total. The minimum atomic E-state index is -3.46. The van der Waals surface area contributed by atoms with Gasteiger partial charge in [0.25, 0.3) is 0 Å². The largest absolute Gasteiger partial charge is 0.491 e. The summed E-state index contributed by atoms with van der Waals surface area (Å²) in [6.07, 6.45) is 0. The van der Waals surface area contributed by atoms with Gasteiger partial charge in [-0.05, 0) is 37.7 Å². The lowest BCUT2D eigenvalue weighted by Gasteiger charge is -2.09. The molecule has 0 atom stereocenters. The van der Waals surface area contributed by atoms with Gasteiger partial charge in [-0.25, -0.2) is 13.1 Å². The molecule has 8 heteroatoms. The Labute approximate surface area is 139 Å². The minimum Gasteiger partial charge on any atom is -0.491 e. The zero-order valence-corrected chi connectivity index (χ0v) is 14.6. The lowest BCUT2D eigenvalue weighted by Crippen LogP contribution is -2.31. The number of hydrogen-bond acceptors (Lipinski definition) is 5. The Kier molecular flexibility index (Phi) is 11.2. The second-order valence-electron chi connectivity index (χ2n) is 4.27. The summed E-state index contributed by atoms with van der Waals surface area (Å²) >= 11 is 0. The molecule has 0 amide bonds. The van der Waals surface area contributed by atoms with Crippen LogP contribution in [0.2, 0.25) is 0 Å². The molecule has 0 aromatic heterocycles. The Morgan fingerprint density at radius 2 is 1.73 bits per heavy atom. The molecular formula is C14H25ClN2O4S. The van der Waals surface area contributed by atoms with E-state index in [-0.39, 0.29) is 17.3 Å². The number of benzene rings is 1. The van der Waals surface area contributed by atoms with E-state index in [9.17, 15) is 8.42 Å². The van der Waals surface area contributed by atoms with E-state index in [4.69, 9.17) is 9.47 Å². The number of nitrogens with one attached hydrogen (secondary N) is 2. The van der Waals surface area contributed by atoms with Crippen molar-refractivity contribution >= 4 is 22.4 Å². The van der Waals surface area contributed by atoms with Gasteiger partial charge < -0.3 is 14.8 Å². The lowest BCUT2D eigenvalue weighted by molar-refractivity contribution is 0.110. The smallest absolute Gasteiger partial charge is 0.240 e. The van der Waals surface area contributed by atoms with E-state index in [2.05, 4.69) is 10.0 Å². The first-order chi connectivity index (χ1) is 10.1. The SMILES string of the molecule is CCNCCNS(=O)(=O)c1ccc(OCCOCC)cc1.Cl. The molecule has 1 aromatic carbocycles. The van der Waals surface area contributed by atoms with Crippen LogP contribution in [-0.4, -0.2) is 47.9 Å². The summed E-state index contributed by atoms with van der Waals surface area (Å²) in [5, 5.41) is 3.06. The van der Waals surface area contributed by atoms with Crippen molar-refractivity contribution in [2.24, 2.45) is 0 Å². The number of rotatable bonds is 11. The van der Waals surface area contributed by atoms with E-state index in [0.717, 1.165) is 6.54 Å². The lowest BCUT2D eigenvalue weighted by atomic mass is 10.3. The number of sulfonamides is 1. The number of hydrogen-bond donors (Lipinski definition) is 2. The van der Waals surface area contributed by atoms with Gasteiger partial charge in [-0.1, -0.05) is 6.92 Å². The van der Waals surface area contributed by atoms with E-state index in [1.165, 1.54) is 12.1 Å². The van der Waals surface area contributed by atoms with Crippen LogP contribution in [0.4, 0.5) is 0 Å². The highest BCUT2D eigenvalue weighted by Gasteiger charge is 2.12. The fourth-order valence-corrected chi connectivity index (χ4v) is 2.64. The molecular weight excluding hydrogens is 328 g/mol. The Balaban J connectivity index is 0.00000441. The van der Waals surface area contributed by atoms with E-state index in [1.54, 1.807) is 12.1 Å². The van der Waals surface area contributed by atoms with Gasteiger partial charge >= 0.3 is 0 Å². The third-order valence-corrected chi connectivity index (χ3v) is 4.16. The van der Waals surface area contributed by atoms with Crippen molar-refractivity contribution in [3.05, 3.63) is 24.3 Å². The molecule has 6 nitrogen and oxygen atoms in total. The highest BCUT2D eigenvalue weighted by molar-refractivity contribution is 7.89. The predicted octanol–water partition coefficient (Wildman–Crippen LogP) is 1.41. The first kappa shape index (κ1) is 21.1. The summed E-state index contributed by atoms with van der Waals surface area (Å²) in [6, 6.07) is 6.35. The summed E-state index contributed by atoms with van der Waals surface area (Å²) in [5.74, 6) is 0.626. The molecule has 0 saturated carbocycles. The molecule has 0 aliphatic carbocycles. The fraction of sp³-hybridized carbons (Fsp3) is 0.571. The highest BCUT2D eigenvalue weighted by atomic mass is 35.5. The number of ether oxygens (including phenoxy) is 2. The molecule has 0 saturated heterocycles. The highest BCUT2D eigenvalue weighted by Crippen LogP contribution is 2.15. The summed E-state index contributed by atoms with van der Waals surface area (Å²) < 4.78 is 37.1. The van der Waals surface area contributed by atoms with Crippen molar-refractivity contribution in [3.8, 4) is 5.75 Å². The van der Waals surface area contributed by atoms with Crippen molar-refractivity contribution < 1.29 is 17.9 Å². The van der Waals surface area contributed by atoms with Crippen LogP contribution in [0.3, 0.4) is 0 Å². The van der Waals surface area contributed by atoms with Crippen molar-refractivity contribution in [2.45, 2.75) is 18.7 Å². The maximum Gasteiger partial charge on any atom is 0.240 e. The average Bonchev–Trinajstić information content (AvgIpc) is 2.49. The molecule has 0 unspecified atom stereocenters. The third kappa shape index (κ3) is 7.95. The Morgan fingerprint density at radius 1 is 1.05 bits per heavy atom. The van der Waals surface area contributed by atoms with Crippen LogP contribution in [0.1, 0.15) is 13.8 Å². The molecule has 0 spiro atoms. The Bertz CT molecular complexity index is 494. The quantitative estimate of drug-likeness (QED) is 0.589. The Morgan fingerprint density at radius 3 is 2.32 bits per heavy atom. The average molecular weight is 353 g/mol. The maximum atomic E-state index is 12.0. The van der Waals surface area contributed by atoms with Gasteiger partial charge in [0.15, 0.2) is 0 Å². The van der Waals surface area contributed by atoms with Crippen LogP contribution in [0.5, 0.6) is 5.75 Å². The number of halogens is 1. The molecule has 1 aromatic rings. The monoisotopic (exact) mass is 352 g/mol. The van der Waals surface area contributed by atoms with Crippen LogP contribution < -0.4 is 14.8 Å². The Hall–Kier alpha value is -0.860. The van der Waals surface area contributed by atoms with Crippen molar-refractivity contribution in [1.29, 1.82) is 0 Å². The summed E-state index contributed by atoms with van der Waals surface area (Å²) in [6.45, 7) is 7.29. The van der Waals surface area contributed by atoms with Crippen molar-refractivity contribution in [2.75, 3.05) is 39.5 Å². The van der Waals surface area contributed by atoms with Gasteiger partial charge in [0, 0.05) is 19.7 Å². The zero-order chi connectivity index (χ0) is 15.6. The first-order valence-corrected chi connectivity index (χ1v) is 8.59. The molecule has 0 fully saturated rings. The van der Waals surface area contributed by atoms with Gasteiger partial charge in [-0.2, -0.15) is 0 Å². The standard InChI is InChI=1S/C14H24N2O4S.ClH/c1-3-15-9-10-16-21(17,18)14-7-5-13(6-8-14)20-12-11-19-4-2;/h5-8,15-16H,3-4,9-12H2,1-2H3;1H. The third-order valence-electron chi connectivity index (χ3n) is 2.68. The predicted molar refractivity (Wildman–Crippen MR) is 89.4 cm³/mol. The number of likely N-dealkylation sites (N-methyl/N-ethyl adjacent to an activating group) is 1. The molecule has 1 rings (SSSR count). The molecule has 0 radical (unpaired) electrons. The van der Waals surface area contributed by atoms with Gasteiger partial charge in [0.05, 0.1) is 11.5 Å². The van der Waals surface area contributed by atoms with Crippen LogP contribution in [0.15, 0.2) is 29.2 Å².